The van der Waals surface area contributed by atoms with Gasteiger partial charge in [0.1, 0.15) is 23.2 Å². The third-order valence-corrected chi connectivity index (χ3v) is 5.92. The smallest absolute Gasteiger partial charge is 0.223 e. The molecule has 1 fully saturated rings. The lowest BCUT2D eigenvalue weighted by Crippen LogP contribution is -2.40. The van der Waals surface area contributed by atoms with Gasteiger partial charge in [-0.25, -0.2) is 24.3 Å². The van der Waals surface area contributed by atoms with E-state index in [1.54, 1.807) is 19.2 Å². The molecule has 0 spiro atoms. The van der Waals surface area contributed by atoms with Crippen LogP contribution in [0.15, 0.2) is 30.7 Å². The summed E-state index contributed by atoms with van der Waals surface area (Å²) in [6.07, 6.45) is 6.77. The van der Waals surface area contributed by atoms with E-state index >= 15 is 0 Å². The molecule has 10 heteroatoms. The molecule has 1 aliphatic rings. The second kappa shape index (κ2) is 8.97. The maximum atomic E-state index is 13.4. The molecule has 2 heterocycles. The predicted octanol–water partition coefficient (Wildman–Crippen LogP) is 4.16. The highest BCUT2D eigenvalue weighted by Gasteiger charge is 2.25. The second-order valence-corrected chi connectivity index (χ2v) is 8.09. The summed E-state index contributed by atoms with van der Waals surface area (Å²) in [5.41, 5.74) is 1.72. The van der Waals surface area contributed by atoms with E-state index in [0.29, 0.717) is 28.5 Å². The summed E-state index contributed by atoms with van der Waals surface area (Å²) >= 11 is 5.87. The number of aromatic nitrogens is 4. The van der Waals surface area contributed by atoms with Gasteiger partial charge in [-0.1, -0.05) is 11.6 Å². The minimum absolute atomic E-state index is 0.0198. The van der Waals surface area contributed by atoms with Crippen LogP contribution in [0.3, 0.4) is 0 Å². The van der Waals surface area contributed by atoms with Crippen molar-refractivity contribution in [3.63, 3.8) is 0 Å². The van der Waals surface area contributed by atoms with E-state index in [0.717, 1.165) is 25.7 Å². The van der Waals surface area contributed by atoms with Gasteiger partial charge >= 0.3 is 0 Å². The van der Waals surface area contributed by atoms with Crippen molar-refractivity contribution in [2.24, 2.45) is 0 Å². The standard InChI is InChI=1S/C21H23ClFN7O/c1-12(31)30(2)15-6-3-13(4-7-15)28-21-24-10-18-19(29-21)20(26-11-25-18)27-14-5-8-17(23)16(22)9-14/h5,8-11,13,15H,3-4,6-7H2,1-2H3,(H,24,28,29)(H,25,26,27). The molecule has 3 aromatic rings. The zero-order chi connectivity index (χ0) is 22.0. The van der Waals surface area contributed by atoms with Crippen molar-refractivity contribution in [1.82, 2.24) is 24.8 Å². The maximum absolute atomic E-state index is 13.4. The van der Waals surface area contributed by atoms with Gasteiger partial charge in [-0.3, -0.25) is 4.79 Å². The monoisotopic (exact) mass is 443 g/mol. The quantitative estimate of drug-likeness (QED) is 0.611. The van der Waals surface area contributed by atoms with E-state index in [4.69, 9.17) is 11.6 Å². The van der Waals surface area contributed by atoms with Gasteiger partial charge in [0.05, 0.1) is 11.2 Å². The predicted molar refractivity (Wildman–Crippen MR) is 118 cm³/mol. The molecule has 0 atom stereocenters. The first-order valence-electron chi connectivity index (χ1n) is 10.1. The summed E-state index contributed by atoms with van der Waals surface area (Å²) < 4.78 is 13.4. The summed E-state index contributed by atoms with van der Waals surface area (Å²) in [7, 11) is 1.86. The van der Waals surface area contributed by atoms with Gasteiger partial charge in [0.2, 0.25) is 11.9 Å². The van der Waals surface area contributed by atoms with Crippen molar-refractivity contribution in [3.8, 4) is 0 Å². The number of carbonyl (C=O) groups is 1. The molecule has 0 radical (unpaired) electrons. The lowest BCUT2D eigenvalue weighted by molar-refractivity contribution is -0.130. The number of rotatable bonds is 5. The topological polar surface area (TPSA) is 95.9 Å². The van der Waals surface area contributed by atoms with Crippen molar-refractivity contribution in [2.45, 2.75) is 44.7 Å². The van der Waals surface area contributed by atoms with Crippen LogP contribution in [0.5, 0.6) is 0 Å². The third-order valence-electron chi connectivity index (χ3n) is 5.63. The van der Waals surface area contributed by atoms with Gasteiger partial charge in [-0.2, -0.15) is 0 Å². The minimum Gasteiger partial charge on any atom is -0.351 e. The highest BCUT2D eigenvalue weighted by atomic mass is 35.5. The lowest BCUT2D eigenvalue weighted by Gasteiger charge is -2.34. The summed E-state index contributed by atoms with van der Waals surface area (Å²) in [6, 6.07) is 4.86. The number of carbonyl (C=O) groups excluding carboxylic acids is 1. The number of halogens is 2. The zero-order valence-corrected chi connectivity index (χ0v) is 18.0. The molecule has 0 saturated heterocycles. The lowest BCUT2D eigenvalue weighted by atomic mass is 9.90. The number of anilines is 3. The van der Waals surface area contributed by atoms with Crippen LogP contribution in [0.25, 0.3) is 11.0 Å². The van der Waals surface area contributed by atoms with Gasteiger partial charge in [-0.05, 0) is 43.9 Å². The van der Waals surface area contributed by atoms with Gasteiger partial charge in [0, 0.05) is 31.7 Å². The van der Waals surface area contributed by atoms with Crippen LogP contribution in [0.2, 0.25) is 5.02 Å². The normalized spacial score (nSPS) is 18.6. The van der Waals surface area contributed by atoms with Gasteiger partial charge < -0.3 is 15.5 Å². The Bertz CT molecular complexity index is 1100. The fourth-order valence-electron chi connectivity index (χ4n) is 3.77. The van der Waals surface area contributed by atoms with Crippen LogP contribution in [-0.4, -0.2) is 49.9 Å². The van der Waals surface area contributed by atoms with E-state index in [-0.39, 0.29) is 23.0 Å². The third kappa shape index (κ3) is 4.82. The number of nitrogens with one attached hydrogen (secondary N) is 2. The summed E-state index contributed by atoms with van der Waals surface area (Å²) in [4.78, 5) is 30.9. The number of amides is 1. The van der Waals surface area contributed by atoms with Crippen LogP contribution in [0.1, 0.15) is 32.6 Å². The molecule has 1 aliphatic carbocycles. The highest BCUT2D eigenvalue weighted by Crippen LogP contribution is 2.27. The number of hydrogen-bond acceptors (Lipinski definition) is 7. The molecule has 0 unspecified atom stereocenters. The molecule has 0 bridgehead atoms. The van der Waals surface area contributed by atoms with Gasteiger partial charge in [0.25, 0.3) is 0 Å². The molecular formula is C21H23ClFN7O. The SMILES string of the molecule is CC(=O)N(C)C1CCC(Nc2ncc3ncnc(Nc4ccc(F)c(Cl)c4)c3n2)CC1. The maximum Gasteiger partial charge on any atom is 0.223 e. The molecule has 4 rings (SSSR count). The molecule has 162 valence electrons. The van der Waals surface area contributed by atoms with Crippen LogP contribution < -0.4 is 10.6 Å². The van der Waals surface area contributed by atoms with Gasteiger partial charge in [0.15, 0.2) is 5.82 Å². The molecule has 1 saturated carbocycles. The Morgan fingerprint density at radius 3 is 2.68 bits per heavy atom. The van der Waals surface area contributed by atoms with E-state index in [1.807, 2.05) is 11.9 Å². The molecule has 2 aromatic heterocycles. The minimum atomic E-state index is -0.488. The molecule has 2 N–H and O–H groups in total. The van der Waals surface area contributed by atoms with E-state index in [9.17, 15) is 9.18 Å². The molecule has 1 aromatic carbocycles. The fourth-order valence-corrected chi connectivity index (χ4v) is 3.95. The van der Waals surface area contributed by atoms with Crippen molar-refractivity contribution in [1.29, 1.82) is 0 Å². The first-order valence-corrected chi connectivity index (χ1v) is 10.5. The summed E-state index contributed by atoms with van der Waals surface area (Å²) in [5.74, 6) is 0.574. The Morgan fingerprint density at radius 2 is 1.97 bits per heavy atom. The number of fused-ring (bicyclic) bond motifs is 1. The zero-order valence-electron chi connectivity index (χ0n) is 17.3. The van der Waals surface area contributed by atoms with Gasteiger partial charge in [-0.15, -0.1) is 0 Å². The first kappa shape index (κ1) is 21.2. The number of benzene rings is 1. The average Bonchev–Trinajstić information content (AvgIpc) is 2.76. The van der Waals surface area contributed by atoms with Crippen LogP contribution >= 0.6 is 11.6 Å². The second-order valence-electron chi connectivity index (χ2n) is 7.68. The summed E-state index contributed by atoms with van der Waals surface area (Å²) in [5, 5.41) is 6.53. The largest absolute Gasteiger partial charge is 0.351 e. The molecule has 31 heavy (non-hydrogen) atoms. The Kier molecular flexibility index (Phi) is 6.13. The molecule has 1 amide bonds. The van der Waals surface area contributed by atoms with Crippen LogP contribution in [0.4, 0.5) is 21.8 Å². The highest BCUT2D eigenvalue weighted by molar-refractivity contribution is 6.31. The Hall–Kier alpha value is -3.07. The Balaban J connectivity index is 1.49. The van der Waals surface area contributed by atoms with Crippen LogP contribution in [0, 0.1) is 5.82 Å². The number of hydrogen-bond donors (Lipinski definition) is 2. The van der Waals surface area contributed by atoms with Crippen LogP contribution in [-0.2, 0) is 4.79 Å². The van der Waals surface area contributed by atoms with Crippen molar-refractivity contribution < 1.29 is 9.18 Å². The Labute approximate surface area is 184 Å². The first-order chi connectivity index (χ1) is 14.9. The number of nitrogens with zero attached hydrogens (tertiary/aromatic N) is 5. The van der Waals surface area contributed by atoms with Crippen molar-refractivity contribution in [3.05, 3.63) is 41.6 Å². The van der Waals surface area contributed by atoms with E-state index in [2.05, 4.69) is 30.6 Å². The molecule has 0 aliphatic heterocycles. The molecular weight excluding hydrogens is 421 g/mol. The molecule has 8 nitrogen and oxygen atoms in total. The van der Waals surface area contributed by atoms with E-state index < -0.39 is 5.82 Å². The van der Waals surface area contributed by atoms with Crippen molar-refractivity contribution in [2.75, 3.05) is 17.7 Å². The van der Waals surface area contributed by atoms with E-state index in [1.165, 1.54) is 18.5 Å². The van der Waals surface area contributed by atoms with Crippen molar-refractivity contribution >= 4 is 46.0 Å². The average molecular weight is 444 g/mol. The fraction of sp³-hybridized carbons (Fsp3) is 0.381. The summed E-state index contributed by atoms with van der Waals surface area (Å²) in [6.45, 7) is 1.60. The Morgan fingerprint density at radius 1 is 1.19 bits per heavy atom.